The molecular formula is C18H32IN5S. The molecular weight excluding hydrogens is 445 g/mol. The second-order valence-electron chi connectivity index (χ2n) is 6.51. The number of aliphatic imine (C=N–C) groups is 1. The van der Waals surface area contributed by atoms with Gasteiger partial charge in [-0.25, -0.2) is 0 Å². The normalized spacial score (nSPS) is 19.4. The molecule has 2 N–H and O–H groups in total. The summed E-state index contributed by atoms with van der Waals surface area (Å²) in [6.45, 7) is 7.22. The van der Waals surface area contributed by atoms with E-state index >= 15 is 0 Å². The van der Waals surface area contributed by atoms with Crippen LogP contribution in [0.1, 0.15) is 11.1 Å². The third-order valence-corrected chi connectivity index (χ3v) is 5.53. The van der Waals surface area contributed by atoms with Crippen molar-refractivity contribution < 1.29 is 0 Å². The van der Waals surface area contributed by atoms with Gasteiger partial charge in [0.2, 0.25) is 0 Å². The number of nitrogens with zero attached hydrogens (tertiary/aromatic N) is 3. The van der Waals surface area contributed by atoms with Crippen molar-refractivity contribution in [3.63, 3.8) is 0 Å². The second kappa shape index (κ2) is 11.3. The van der Waals surface area contributed by atoms with E-state index in [1.165, 1.54) is 16.0 Å². The fourth-order valence-electron chi connectivity index (χ4n) is 2.99. The predicted molar refractivity (Wildman–Crippen MR) is 120 cm³/mol. The predicted octanol–water partition coefficient (Wildman–Crippen LogP) is 2.25. The molecule has 2 rings (SSSR count). The van der Waals surface area contributed by atoms with Crippen LogP contribution in [0.3, 0.4) is 0 Å². The van der Waals surface area contributed by atoms with Gasteiger partial charge >= 0.3 is 0 Å². The van der Waals surface area contributed by atoms with Crippen molar-refractivity contribution in [3.05, 3.63) is 29.3 Å². The van der Waals surface area contributed by atoms with Gasteiger partial charge in [0, 0.05) is 50.7 Å². The highest BCUT2D eigenvalue weighted by Gasteiger charge is 2.21. The Morgan fingerprint density at radius 1 is 1.28 bits per heavy atom. The lowest BCUT2D eigenvalue weighted by molar-refractivity contribution is 0.116. The Balaban J connectivity index is 0.00000312. The van der Waals surface area contributed by atoms with E-state index in [-0.39, 0.29) is 24.0 Å². The van der Waals surface area contributed by atoms with Crippen LogP contribution in [-0.4, -0.2) is 75.4 Å². The van der Waals surface area contributed by atoms with Crippen LogP contribution in [0.5, 0.6) is 0 Å². The zero-order valence-corrected chi connectivity index (χ0v) is 19.1. The van der Waals surface area contributed by atoms with Crippen LogP contribution in [-0.2, 0) is 6.54 Å². The van der Waals surface area contributed by atoms with Gasteiger partial charge in [-0.3, -0.25) is 9.89 Å². The maximum absolute atomic E-state index is 4.35. The molecule has 0 aromatic heterocycles. The SMILES string of the molecule is CN=C(NCc1ccc(SC)c(C)c1)NCC1CN(C)CCN1C.I. The summed E-state index contributed by atoms with van der Waals surface area (Å²) < 4.78 is 0. The summed E-state index contributed by atoms with van der Waals surface area (Å²) in [6, 6.07) is 7.14. The molecule has 5 nitrogen and oxygen atoms in total. The number of aryl methyl sites for hydroxylation is 1. The van der Waals surface area contributed by atoms with Crippen LogP contribution in [0.4, 0.5) is 0 Å². The Labute approximate surface area is 174 Å². The van der Waals surface area contributed by atoms with Gasteiger partial charge in [-0.2, -0.15) is 0 Å². The number of rotatable bonds is 5. The first-order valence-corrected chi connectivity index (χ1v) is 9.72. The lowest BCUT2D eigenvalue weighted by atomic mass is 10.1. The standard InChI is InChI=1S/C18H31N5S.HI/c1-14-10-15(6-7-17(14)24-5)11-20-18(19-2)21-12-16-13-22(3)8-9-23(16)4;/h6-7,10,16H,8-9,11-13H2,1-5H3,(H2,19,20,21);1H. The number of thioether (sulfide) groups is 1. The lowest BCUT2D eigenvalue weighted by Crippen LogP contribution is -2.55. The number of likely N-dealkylation sites (N-methyl/N-ethyl adjacent to an activating group) is 2. The van der Waals surface area contributed by atoms with E-state index < -0.39 is 0 Å². The molecule has 1 atom stereocenters. The van der Waals surface area contributed by atoms with Gasteiger partial charge in [0.05, 0.1) is 0 Å². The molecule has 0 amide bonds. The second-order valence-corrected chi connectivity index (χ2v) is 7.36. The quantitative estimate of drug-likeness (QED) is 0.295. The van der Waals surface area contributed by atoms with Crippen molar-refractivity contribution in [1.82, 2.24) is 20.4 Å². The third kappa shape index (κ3) is 6.96. The van der Waals surface area contributed by atoms with Crippen LogP contribution in [0, 0.1) is 6.92 Å². The molecule has 1 aliphatic rings. The fourth-order valence-corrected chi connectivity index (χ4v) is 3.58. The maximum Gasteiger partial charge on any atom is 0.191 e. The van der Waals surface area contributed by atoms with Crippen molar-refractivity contribution in [1.29, 1.82) is 0 Å². The number of hydrogen-bond donors (Lipinski definition) is 2. The molecule has 1 heterocycles. The molecule has 0 radical (unpaired) electrons. The van der Waals surface area contributed by atoms with Crippen molar-refractivity contribution in [2.24, 2.45) is 4.99 Å². The van der Waals surface area contributed by atoms with Crippen LogP contribution in [0.2, 0.25) is 0 Å². The molecule has 0 saturated carbocycles. The lowest BCUT2D eigenvalue weighted by Gasteiger charge is -2.37. The van der Waals surface area contributed by atoms with E-state index in [1.807, 2.05) is 7.05 Å². The molecule has 1 aromatic rings. The van der Waals surface area contributed by atoms with E-state index in [4.69, 9.17) is 0 Å². The molecule has 0 spiro atoms. The Morgan fingerprint density at radius 3 is 2.68 bits per heavy atom. The number of piperazine rings is 1. The van der Waals surface area contributed by atoms with E-state index in [1.54, 1.807) is 11.8 Å². The summed E-state index contributed by atoms with van der Waals surface area (Å²) in [6.07, 6.45) is 2.12. The first-order chi connectivity index (χ1) is 11.5. The van der Waals surface area contributed by atoms with Gasteiger partial charge in [0.1, 0.15) is 0 Å². The first kappa shape index (κ1) is 22.5. The van der Waals surface area contributed by atoms with Gasteiger partial charge in [0.25, 0.3) is 0 Å². The molecule has 1 aliphatic heterocycles. The number of nitrogens with one attached hydrogen (secondary N) is 2. The fraction of sp³-hybridized carbons (Fsp3) is 0.611. The zero-order valence-electron chi connectivity index (χ0n) is 16.0. The molecule has 0 bridgehead atoms. The summed E-state index contributed by atoms with van der Waals surface area (Å²) in [5.41, 5.74) is 2.61. The van der Waals surface area contributed by atoms with Gasteiger partial charge in [-0.1, -0.05) is 12.1 Å². The van der Waals surface area contributed by atoms with E-state index in [0.29, 0.717) is 6.04 Å². The molecule has 1 aromatic carbocycles. The summed E-state index contributed by atoms with van der Waals surface area (Å²) in [7, 11) is 6.22. The summed E-state index contributed by atoms with van der Waals surface area (Å²) in [5, 5.41) is 6.88. The van der Waals surface area contributed by atoms with Gasteiger partial charge in [-0.05, 0) is 44.5 Å². The van der Waals surface area contributed by atoms with Gasteiger partial charge in [0.15, 0.2) is 5.96 Å². The van der Waals surface area contributed by atoms with Gasteiger partial charge in [-0.15, -0.1) is 35.7 Å². The van der Waals surface area contributed by atoms with Crippen LogP contribution < -0.4 is 10.6 Å². The topological polar surface area (TPSA) is 42.9 Å². The molecule has 0 aliphatic carbocycles. The summed E-state index contributed by atoms with van der Waals surface area (Å²) >= 11 is 1.79. The highest BCUT2D eigenvalue weighted by atomic mass is 127. The molecule has 142 valence electrons. The molecule has 1 saturated heterocycles. The minimum atomic E-state index is 0. The first-order valence-electron chi connectivity index (χ1n) is 8.50. The monoisotopic (exact) mass is 477 g/mol. The average molecular weight is 477 g/mol. The van der Waals surface area contributed by atoms with Crippen LogP contribution >= 0.6 is 35.7 Å². The Bertz CT molecular complexity index is 566. The number of guanidine groups is 1. The Hall–Kier alpha value is -0.510. The minimum Gasteiger partial charge on any atom is -0.355 e. The largest absolute Gasteiger partial charge is 0.355 e. The number of benzene rings is 1. The molecule has 7 heteroatoms. The van der Waals surface area contributed by atoms with E-state index in [2.05, 4.69) is 70.9 Å². The Morgan fingerprint density at radius 2 is 2.04 bits per heavy atom. The van der Waals surface area contributed by atoms with E-state index in [9.17, 15) is 0 Å². The number of halogens is 1. The number of hydrogen-bond acceptors (Lipinski definition) is 4. The average Bonchev–Trinajstić information content (AvgIpc) is 2.58. The van der Waals surface area contributed by atoms with Crippen LogP contribution in [0.15, 0.2) is 28.1 Å². The smallest absolute Gasteiger partial charge is 0.191 e. The van der Waals surface area contributed by atoms with Crippen molar-refractivity contribution >= 4 is 41.7 Å². The third-order valence-electron chi connectivity index (χ3n) is 4.63. The highest BCUT2D eigenvalue weighted by Crippen LogP contribution is 2.20. The molecule has 1 fully saturated rings. The minimum absolute atomic E-state index is 0. The van der Waals surface area contributed by atoms with Gasteiger partial charge < -0.3 is 15.5 Å². The van der Waals surface area contributed by atoms with Crippen LogP contribution in [0.25, 0.3) is 0 Å². The zero-order chi connectivity index (χ0) is 17.5. The van der Waals surface area contributed by atoms with Crippen molar-refractivity contribution in [2.45, 2.75) is 24.4 Å². The van der Waals surface area contributed by atoms with Crippen molar-refractivity contribution in [3.8, 4) is 0 Å². The maximum atomic E-state index is 4.35. The highest BCUT2D eigenvalue weighted by molar-refractivity contribution is 14.0. The summed E-state index contributed by atoms with van der Waals surface area (Å²) in [4.78, 5) is 10.5. The van der Waals surface area contributed by atoms with Crippen molar-refractivity contribution in [2.75, 3.05) is 53.6 Å². The summed E-state index contributed by atoms with van der Waals surface area (Å²) in [5.74, 6) is 0.864. The van der Waals surface area contributed by atoms with E-state index in [0.717, 1.165) is 38.7 Å². The molecule has 25 heavy (non-hydrogen) atoms. The molecule has 1 unspecified atom stereocenters. The Kier molecular flexibility index (Phi) is 10.1.